The van der Waals surface area contributed by atoms with Crippen LogP contribution in [0.5, 0.6) is 0 Å². The van der Waals surface area contributed by atoms with Crippen molar-refractivity contribution in [1.82, 2.24) is 14.5 Å². The zero-order chi connectivity index (χ0) is 10.8. The molecule has 1 unspecified atom stereocenters. The van der Waals surface area contributed by atoms with Gasteiger partial charge in [-0.3, -0.25) is 0 Å². The van der Waals surface area contributed by atoms with Crippen LogP contribution in [0.25, 0.3) is 0 Å². The molecule has 0 spiro atoms. The van der Waals surface area contributed by atoms with E-state index in [1.807, 2.05) is 12.3 Å². The molecule has 0 radical (unpaired) electrons. The van der Waals surface area contributed by atoms with E-state index in [0.717, 1.165) is 5.01 Å². The van der Waals surface area contributed by atoms with Gasteiger partial charge >= 0.3 is 5.97 Å². The van der Waals surface area contributed by atoms with E-state index in [2.05, 4.69) is 9.97 Å². The van der Waals surface area contributed by atoms with Crippen LogP contribution >= 0.6 is 11.3 Å². The van der Waals surface area contributed by atoms with Crippen molar-refractivity contribution in [1.29, 1.82) is 0 Å². The fraction of sp³-hybridized carbons (Fsp3) is 0.222. The molecule has 0 aliphatic rings. The Morgan fingerprint density at radius 2 is 2.40 bits per heavy atom. The molecule has 0 bridgehead atoms. The second kappa shape index (κ2) is 3.82. The molecular formula is C9H9N3O2S. The third-order valence-corrected chi connectivity index (χ3v) is 3.02. The Labute approximate surface area is 90.0 Å². The Bertz CT molecular complexity index is 463. The second-order valence-electron chi connectivity index (χ2n) is 3.06. The molecular weight excluding hydrogens is 214 g/mol. The molecule has 2 aromatic rings. The summed E-state index contributed by atoms with van der Waals surface area (Å²) in [5.74, 6) is -1.01. The third kappa shape index (κ3) is 1.89. The minimum Gasteiger partial charge on any atom is -0.476 e. The summed E-state index contributed by atoms with van der Waals surface area (Å²) in [5, 5.41) is 11.5. The van der Waals surface area contributed by atoms with Gasteiger partial charge in [-0.05, 0) is 6.92 Å². The normalized spacial score (nSPS) is 12.6. The number of hydrogen-bond acceptors (Lipinski definition) is 4. The summed E-state index contributed by atoms with van der Waals surface area (Å²) in [6.07, 6.45) is 4.75. The largest absolute Gasteiger partial charge is 0.476 e. The van der Waals surface area contributed by atoms with E-state index in [1.54, 1.807) is 10.8 Å². The number of thiazole rings is 1. The molecule has 0 fully saturated rings. The van der Waals surface area contributed by atoms with E-state index in [9.17, 15) is 4.79 Å². The van der Waals surface area contributed by atoms with Gasteiger partial charge in [-0.1, -0.05) is 0 Å². The number of imidazole rings is 1. The van der Waals surface area contributed by atoms with Gasteiger partial charge in [0.15, 0.2) is 5.69 Å². The van der Waals surface area contributed by atoms with Gasteiger partial charge in [-0.25, -0.2) is 14.8 Å². The first-order valence-electron chi connectivity index (χ1n) is 4.34. The van der Waals surface area contributed by atoms with Gasteiger partial charge in [0.25, 0.3) is 0 Å². The third-order valence-electron chi connectivity index (χ3n) is 2.08. The summed E-state index contributed by atoms with van der Waals surface area (Å²) >= 11 is 1.54. The lowest BCUT2D eigenvalue weighted by molar-refractivity contribution is 0.0691. The van der Waals surface area contributed by atoms with Crippen molar-refractivity contribution in [2.24, 2.45) is 0 Å². The van der Waals surface area contributed by atoms with Gasteiger partial charge in [0.05, 0.1) is 12.4 Å². The number of nitrogens with zero attached hydrogens (tertiary/aromatic N) is 3. The highest BCUT2D eigenvalue weighted by Gasteiger charge is 2.13. The Hall–Kier alpha value is -1.69. The molecule has 15 heavy (non-hydrogen) atoms. The van der Waals surface area contributed by atoms with Crippen LogP contribution in [0.1, 0.15) is 28.5 Å². The predicted octanol–water partition coefficient (Wildman–Crippen LogP) is 1.65. The van der Waals surface area contributed by atoms with Gasteiger partial charge < -0.3 is 9.67 Å². The molecule has 0 aliphatic heterocycles. The molecule has 2 aromatic heterocycles. The molecule has 2 rings (SSSR count). The van der Waals surface area contributed by atoms with E-state index in [4.69, 9.17) is 5.11 Å². The zero-order valence-corrected chi connectivity index (χ0v) is 8.81. The summed E-state index contributed by atoms with van der Waals surface area (Å²) in [4.78, 5) is 18.6. The van der Waals surface area contributed by atoms with Gasteiger partial charge in [0.2, 0.25) is 0 Å². The topological polar surface area (TPSA) is 68.0 Å². The number of aromatic nitrogens is 3. The van der Waals surface area contributed by atoms with Crippen molar-refractivity contribution in [3.05, 3.63) is 34.8 Å². The molecule has 0 saturated heterocycles. The van der Waals surface area contributed by atoms with Crippen molar-refractivity contribution < 1.29 is 9.90 Å². The highest BCUT2D eigenvalue weighted by atomic mass is 32.1. The van der Waals surface area contributed by atoms with Gasteiger partial charge in [0, 0.05) is 17.8 Å². The van der Waals surface area contributed by atoms with Crippen LogP contribution in [0.15, 0.2) is 24.1 Å². The lowest BCUT2D eigenvalue weighted by atomic mass is 10.3. The Morgan fingerprint density at radius 1 is 1.60 bits per heavy atom. The summed E-state index contributed by atoms with van der Waals surface area (Å²) in [7, 11) is 0. The lowest BCUT2D eigenvalue weighted by Crippen LogP contribution is -2.04. The fourth-order valence-electron chi connectivity index (χ4n) is 1.23. The minimum atomic E-state index is -1.01. The van der Waals surface area contributed by atoms with Gasteiger partial charge in [0.1, 0.15) is 5.01 Å². The highest BCUT2D eigenvalue weighted by Crippen LogP contribution is 2.19. The zero-order valence-electron chi connectivity index (χ0n) is 7.99. The SMILES string of the molecule is CC(c1nccs1)n1cnc(C(=O)O)c1. The maximum atomic E-state index is 10.6. The molecule has 2 heterocycles. The number of aromatic carboxylic acids is 1. The van der Waals surface area contributed by atoms with Crippen molar-refractivity contribution in [2.75, 3.05) is 0 Å². The Morgan fingerprint density at radius 3 is 2.93 bits per heavy atom. The minimum absolute atomic E-state index is 0.0191. The highest BCUT2D eigenvalue weighted by molar-refractivity contribution is 7.09. The number of carbonyl (C=O) groups is 1. The average Bonchev–Trinajstić information content (AvgIpc) is 2.88. The number of hydrogen-bond donors (Lipinski definition) is 1. The summed E-state index contributed by atoms with van der Waals surface area (Å²) in [5.41, 5.74) is 0.0541. The van der Waals surface area contributed by atoms with Crippen LogP contribution < -0.4 is 0 Å². The summed E-state index contributed by atoms with van der Waals surface area (Å²) in [6.45, 7) is 1.95. The standard InChI is InChI=1S/C9H9N3O2S/c1-6(8-10-2-3-15-8)12-4-7(9(13)14)11-5-12/h2-6H,1H3,(H,13,14). The number of carboxylic acids is 1. The average molecular weight is 223 g/mol. The van der Waals surface area contributed by atoms with Gasteiger partial charge in [-0.2, -0.15) is 0 Å². The van der Waals surface area contributed by atoms with Crippen LogP contribution in [0.4, 0.5) is 0 Å². The molecule has 6 heteroatoms. The Kier molecular flexibility index (Phi) is 2.51. The lowest BCUT2D eigenvalue weighted by Gasteiger charge is -2.08. The van der Waals surface area contributed by atoms with Crippen molar-refractivity contribution in [3.8, 4) is 0 Å². The maximum absolute atomic E-state index is 10.6. The molecule has 0 aromatic carbocycles. The second-order valence-corrected chi connectivity index (χ2v) is 3.98. The molecule has 1 N–H and O–H groups in total. The van der Waals surface area contributed by atoms with Crippen molar-refractivity contribution in [3.63, 3.8) is 0 Å². The van der Waals surface area contributed by atoms with E-state index < -0.39 is 5.97 Å². The first-order chi connectivity index (χ1) is 7.18. The monoisotopic (exact) mass is 223 g/mol. The number of carboxylic acid groups (broad SMARTS) is 1. The predicted molar refractivity (Wildman–Crippen MR) is 55.1 cm³/mol. The first kappa shape index (κ1) is 9.85. The van der Waals surface area contributed by atoms with E-state index >= 15 is 0 Å². The van der Waals surface area contributed by atoms with Crippen LogP contribution in [0.3, 0.4) is 0 Å². The smallest absolute Gasteiger partial charge is 0.356 e. The van der Waals surface area contributed by atoms with E-state index in [0.29, 0.717) is 0 Å². The molecule has 1 atom stereocenters. The summed E-state index contributed by atoms with van der Waals surface area (Å²) in [6, 6.07) is 0.0191. The van der Waals surface area contributed by atoms with Crippen molar-refractivity contribution >= 4 is 17.3 Å². The molecule has 78 valence electrons. The fourth-order valence-corrected chi connectivity index (χ4v) is 1.93. The molecule has 5 nitrogen and oxygen atoms in total. The van der Waals surface area contributed by atoms with E-state index in [1.165, 1.54) is 23.9 Å². The van der Waals surface area contributed by atoms with Crippen LogP contribution in [0, 0.1) is 0 Å². The van der Waals surface area contributed by atoms with Crippen LogP contribution in [-0.4, -0.2) is 25.6 Å². The molecule has 0 amide bonds. The van der Waals surface area contributed by atoms with Gasteiger partial charge in [-0.15, -0.1) is 11.3 Å². The van der Waals surface area contributed by atoms with Crippen molar-refractivity contribution in [2.45, 2.75) is 13.0 Å². The molecule has 0 saturated carbocycles. The van der Waals surface area contributed by atoms with Crippen LogP contribution in [-0.2, 0) is 0 Å². The maximum Gasteiger partial charge on any atom is 0.356 e. The van der Waals surface area contributed by atoms with E-state index in [-0.39, 0.29) is 11.7 Å². The van der Waals surface area contributed by atoms with Crippen LogP contribution in [0.2, 0.25) is 0 Å². The quantitative estimate of drug-likeness (QED) is 0.859. The summed E-state index contributed by atoms with van der Waals surface area (Å²) < 4.78 is 1.74. The molecule has 0 aliphatic carbocycles. The first-order valence-corrected chi connectivity index (χ1v) is 5.22. The number of rotatable bonds is 3. The Balaban J connectivity index is 2.26.